The smallest absolute Gasteiger partial charge is 0.253 e. The molecule has 2 N–H and O–H groups in total. The van der Waals surface area contributed by atoms with Crippen LogP contribution in [0.4, 0.5) is 11.5 Å². The third kappa shape index (κ3) is 3.90. The zero-order valence-electron chi connectivity index (χ0n) is 14.7. The second-order valence-electron chi connectivity index (χ2n) is 6.79. The quantitative estimate of drug-likeness (QED) is 0.813. The van der Waals surface area contributed by atoms with E-state index < -0.39 is 0 Å². The second kappa shape index (κ2) is 7.64. The maximum atomic E-state index is 12.4. The van der Waals surface area contributed by atoms with Crippen LogP contribution >= 0.6 is 0 Å². The molecule has 136 valence electrons. The van der Waals surface area contributed by atoms with Gasteiger partial charge in [-0.05, 0) is 37.1 Å². The topological polar surface area (TPSA) is 72.5 Å². The van der Waals surface area contributed by atoms with E-state index in [0.717, 1.165) is 30.0 Å². The maximum Gasteiger partial charge on any atom is 0.253 e. The molecular weight excluding hydrogens is 330 g/mol. The number of benzene rings is 1. The molecule has 4 rings (SSSR count). The summed E-state index contributed by atoms with van der Waals surface area (Å²) in [5.41, 5.74) is 1.45. The summed E-state index contributed by atoms with van der Waals surface area (Å²) >= 11 is 0. The molecule has 0 atom stereocenters. The molecule has 1 aromatic carbocycles. The Labute approximate surface area is 152 Å². The van der Waals surface area contributed by atoms with Gasteiger partial charge >= 0.3 is 0 Å². The van der Waals surface area contributed by atoms with Crippen molar-refractivity contribution in [3.05, 3.63) is 42.1 Å². The lowest BCUT2D eigenvalue weighted by Gasteiger charge is -2.16. The predicted molar refractivity (Wildman–Crippen MR) is 99.0 cm³/mol. The Morgan fingerprint density at radius 3 is 2.58 bits per heavy atom. The van der Waals surface area contributed by atoms with Crippen LogP contribution in [0.15, 0.2) is 36.5 Å². The monoisotopic (exact) mass is 353 g/mol. The summed E-state index contributed by atoms with van der Waals surface area (Å²) in [4.78, 5) is 16.8. The molecule has 0 spiro atoms. The number of rotatable bonds is 4. The number of carbonyl (C=O) groups excluding carboxylic acids is 1. The molecule has 2 aromatic rings. The third-order valence-corrected chi connectivity index (χ3v) is 4.86. The highest BCUT2D eigenvalue weighted by Crippen LogP contribution is 2.34. The van der Waals surface area contributed by atoms with Gasteiger partial charge in [-0.25, -0.2) is 4.98 Å². The van der Waals surface area contributed by atoms with Gasteiger partial charge in [0, 0.05) is 24.0 Å². The number of hydrogen-bond acceptors (Lipinski definition) is 5. The van der Waals surface area contributed by atoms with Gasteiger partial charge in [0.05, 0.1) is 5.56 Å². The van der Waals surface area contributed by atoms with E-state index in [1.54, 1.807) is 12.3 Å². The Hall–Kier alpha value is -2.76. The van der Waals surface area contributed by atoms with Gasteiger partial charge in [0.2, 0.25) is 6.79 Å². The van der Waals surface area contributed by atoms with Gasteiger partial charge < -0.3 is 20.1 Å². The van der Waals surface area contributed by atoms with Crippen LogP contribution in [-0.2, 0) is 0 Å². The lowest BCUT2D eigenvalue weighted by atomic mass is 10.1. The van der Waals surface area contributed by atoms with Gasteiger partial charge in [-0.2, -0.15) is 0 Å². The molecule has 2 aliphatic rings. The van der Waals surface area contributed by atoms with Crippen LogP contribution in [-0.4, -0.2) is 23.7 Å². The number of hydrogen-bond donors (Lipinski definition) is 2. The van der Waals surface area contributed by atoms with Gasteiger partial charge in [0.25, 0.3) is 5.91 Å². The number of nitrogens with zero attached hydrogens (tertiary/aromatic N) is 1. The molecule has 6 nitrogen and oxygen atoms in total. The van der Waals surface area contributed by atoms with Crippen LogP contribution < -0.4 is 20.1 Å². The van der Waals surface area contributed by atoms with Crippen LogP contribution in [0, 0.1) is 0 Å². The summed E-state index contributed by atoms with van der Waals surface area (Å²) in [6.07, 6.45) is 8.69. The van der Waals surface area contributed by atoms with E-state index in [2.05, 4.69) is 15.6 Å². The first-order valence-corrected chi connectivity index (χ1v) is 9.21. The van der Waals surface area contributed by atoms with E-state index in [0.29, 0.717) is 11.4 Å². The molecule has 2 heterocycles. The number of pyridine rings is 1. The summed E-state index contributed by atoms with van der Waals surface area (Å²) < 4.78 is 10.7. The number of anilines is 2. The Balaban J connectivity index is 1.37. The van der Waals surface area contributed by atoms with Gasteiger partial charge in [0.15, 0.2) is 11.5 Å². The average molecular weight is 353 g/mol. The average Bonchev–Trinajstić information content (AvgIpc) is 2.97. The van der Waals surface area contributed by atoms with Crippen molar-refractivity contribution in [3.8, 4) is 11.5 Å². The van der Waals surface area contributed by atoms with Crippen molar-refractivity contribution in [2.45, 2.75) is 44.6 Å². The van der Waals surface area contributed by atoms with Crippen LogP contribution in [0.1, 0.15) is 48.9 Å². The third-order valence-electron chi connectivity index (χ3n) is 4.86. The lowest BCUT2D eigenvalue weighted by molar-refractivity contribution is 0.0933. The maximum absolute atomic E-state index is 12.4. The molecule has 0 saturated heterocycles. The first-order valence-electron chi connectivity index (χ1n) is 9.21. The minimum absolute atomic E-state index is 0.0426. The van der Waals surface area contributed by atoms with Crippen LogP contribution in [0.3, 0.4) is 0 Å². The van der Waals surface area contributed by atoms with Crippen molar-refractivity contribution in [1.29, 1.82) is 0 Å². The molecule has 1 aliphatic carbocycles. The molecule has 0 bridgehead atoms. The first kappa shape index (κ1) is 16.7. The minimum atomic E-state index is -0.0426. The summed E-state index contributed by atoms with van der Waals surface area (Å²) in [6.45, 7) is 0.252. The van der Waals surface area contributed by atoms with E-state index in [4.69, 9.17) is 9.47 Å². The largest absolute Gasteiger partial charge is 0.454 e. The SMILES string of the molecule is O=C(NC1CCCCCC1)c1ccc(Nc2ccc3c(c2)OCO3)nc1. The predicted octanol–water partition coefficient (Wildman–Crippen LogP) is 4.01. The molecule has 0 unspecified atom stereocenters. The molecule has 1 amide bonds. The molecule has 0 radical (unpaired) electrons. The fraction of sp³-hybridized carbons (Fsp3) is 0.400. The van der Waals surface area contributed by atoms with E-state index in [-0.39, 0.29) is 18.7 Å². The second-order valence-corrected chi connectivity index (χ2v) is 6.79. The van der Waals surface area contributed by atoms with Crippen molar-refractivity contribution < 1.29 is 14.3 Å². The molecule has 1 aliphatic heterocycles. The zero-order chi connectivity index (χ0) is 17.8. The Bertz CT molecular complexity index is 768. The summed E-state index contributed by atoms with van der Waals surface area (Å²) in [6, 6.07) is 9.54. The number of fused-ring (bicyclic) bond motifs is 1. The van der Waals surface area contributed by atoms with Crippen LogP contribution in [0.2, 0.25) is 0 Å². The van der Waals surface area contributed by atoms with Crippen LogP contribution in [0.5, 0.6) is 11.5 Å². The van der Waals surface area contributed by atoms with Gasteiger partial charge in [-0.1, -0.05) is 25.7 Å². The van der Waals surface area contributed by atoms with Crippen molar-refractivity contribution in [2.75, 3.05) is 12.1 Å². The van der Waals surface area contributed by atoms with Crippen molar-refractivity contribution >= 4 is 17.4 Å². The van der Waals surface area contributed by atoms with Crippen molar-refractivity contribution in [1.82, 2.24) is 10.3 Å². The van der Waals surface area contributed by atoms with E-state index >= 15 is 0 Å². The van der Waals surface area contributed by atoms with E-state index in [1.807, 2.05) is 24.3 Å². The van der Waals surface area contributed by atoms with Crippen molar-refractivity contribution in [3.63, 3.8) is 0 Å². The highest BCUT2D eigenvalue weighted by molar-refractivity contribution is 5.94. The number of amides is 1. The van der Waals surface area contributed by atoms with Gasteiger partial charge in [-0.3, -0.25) is 4.79 Å². The molecule has 1 saturated carbocycles. The lowest BCUT2D eigenvalue weighted by Crippen LogP contribution is -2.34. The van der Waals surface area contributed by atoms with Crippen LogP contribution in [0.25, 0.3) is 0 Å². The molecule has 1 fully saturated rings. The zero-order valence-corrected chi connectivity index (χ0v) is 14.7. The highest BCUT2D eigenvalue weighted by Gasteiger charge is 2.16. The Morgan fingerprint density at radius 1 is 1.00 bits per heavy atom. The minimum Gasteiger partial charge on any atom is -0.454 e. The molecule has 6 heteroatoms. The summed E-state index contributed by atoms with van der Waals surface area (Å²) in [5.74, 6) is 2.09. The van der Waals surface area contributed by atoms with Gasteiger partial charge in [0.1, 0.15) is 5.82 Å². The number of carbonyl (C=O) groups is 1. The highest BCUT2D eigenvalue weighted by atomic mass is 16.7. The van der Waals surface area contributed by atoms with Gasteiger partial charge in [-0.15, -0.1) is 0 Å². The van der Waals surface area contributed by atoms with E-state index in [1.165, 1.54) is 25.7 Å². The van der Waals surface area contributed by atoms with E-state index in [9.17, 15) is 4.79 Å². The molecule has 26 heavy (non-hydrogen) atoms. The fourth-order valence-corrected chi connectivity index (χ4v) is 3.42. The normalized spacial score (nSPS) is 16.8. The molecular formula is C20H23N3O3. The summed E-state index contributed by atoms with van der Waals surface area (Å²) in [7, 11) is 0. The number of nitrogens with one attached hydrogen (secondary N) is 2. The Morgan fingerprint density at radius 2 is 1.81 bits per heavy atom. The molecule has 1 aromatic heterocycles. The summed E-state index contributed by atoms with van der Waals surface area (Å²) in [5, 5.41) is 6.35. The fourth-order valence-electron chi connectivity index (χ4n) is 3.42. The van der Waals surface area contributed by atoms with Crippen molar-refractivity contribution in [2.24, 2.45) is 0 Å². The Kier molecular flexibility index (Phi) is 4.91. The number of ether oxygens (including phenoxy) is 2. The standard InChI is InChI=1S/C20H23N3O3/c24-20(23-15-5-3-1-2-4-6-15)14-7-10-19(21-12-14)22-16-8-9-17-18(11-16)26-13-25-17/h7-12,15H,1-6,13H2,(H,21,22)(H,23,24). The first-order chi connectivity index (χ1) is 12.8. The number of aromatic nitrogens is 1.